The molecule has 0 radical (unpaired) electrons. The summed E-state index contributed by atoms with van der Waals surface area (Å²) in [7, 11) is 1.50. The van der Waals surface area contributed by atoms with E-state index in [0.717, 1.165) is 22.4 Å². The van der Waals surface area contributed by atoms with Crippen molar-refractivity contribution in [3.05, 3.63) is 81.6 Å². The first kappa shape index (κ1) is 29.3. The highest BCUT2D eigenvalue weighted by molar-refractivity contribution is 5.83. The van der Waals surface area contributed by atoms with Crippen molar-refractivity contribution in [1.29, 1.82) is 0 Å². The number of nitrogens with zero attached hydrogens (tertiary/aromatic N) is 3. The van der Waals surface area contributed by atoms with E-state index in [-0.39, 0.29) is 24.7 Å². The predicted octanol–water partition coefficient (Wildman–Crippen LogP) is 5.73. The standard InChI is InChI=1S/C32H35N3O6/c1-7-39-28-15-21(5)25(17-24(28)20(3)4)31-34-26-12-10-9-11-23(26)32(37)35(31)33-18-22-13-14-27(29(16-22)38-6)41-19-30(36)40-8-2/h9-18,20H,7-8,19H2,1-6H3. The minimum Gasteiger partial charge on any atom is -0.494 e. The van der Waals surface area contributed by atoms with Crippen LogP contribution >= 0.6 is 0 Å². The molecule has 0 aliphatic rings. The Labute approximate surface area is 239 Å². The minimum absolute atomic E-state index is 0.192. The van der Waals surface area contributed by atoms with E-state index < -0.39 is 5.97 Å². The average Bonchev–Trinajstić information content (AvgIpc) is 2.96. The third-order valence-electron chi connectivity index (χ3n) is 6.43. The molecule has 1 heterocycles. The second-order valence-corrected chi connectivity index (χ2v) is 9.61. The van der Waals surface area contributed by atoms with Gasteiger partial charge in [0.05, 0.1) is 37.4 Å². The van der Waals surface area contributed by atoms with Crippen LogP contribution in [-0.2, 0) is 9.53 Å². The van der Waals surface area contributed by atoms with Crippen LogP contribution in [0.3, 0.4) is 0 Å². The number of aromatic nitrogens is 2. The van der Waals surface area contributed by atoms with Crippen molar-refractivity contribution >= 4 is 23.1 Å². The summed E-state index contributed by atoms with van der Waals surface area (Å²) in [5.74, 6) is 1.76. The van der Waals surface area contributed by atoms with Gasteiger partial charge in [0.15, 0.2) is 23.9 Å². The first-order chi connectivity index (χ1) is 19.8. The number of ether oxygens (including phenoxy) is 4. The van der Waals surface area contributed by atoms with Gasteiger partial charge in [-0.25, -0.2) is 9.78 Å². The highest BCUT2D eigenvalue weighted by Crippen LogP contribution is 2.34. The fourth-order valence-corrected chi connectivity index (χ4v) is 4.42. The number of para-hydroxylation sites is 1. The first-order valence-corrected chi connectivity index (χ1v) is 13.6. The fourth-order valence-electron chi connectivity index (χ4n) is 4.42. The third-order valence-corrected chi connectivity index (χ3v) is 6.43. The molecular formula is C32H35N3O6. The van der Waals surface area contributed by atoms with E-state index >= 15 is 0 Å². The SMILES string of the molecule is CCOC(=O)COc1ccc(C=Nn2c(-c3cc(C(C)C)c(OCC)cc3C)nc3ccccc3c2=O)cc1OC. The lowest BCUT2D eigenvalue weighted by molar-refractivity contribution is -0.145. The highest BCUT2D eigenvalue weighted by atomic mass is 16.6. The van der Waals surface area contributed by atoms with Crippen LogP contribution in [0.15, 0.2) is 64.5 Å². The molecular weight excluding hydrogens is 522 g/mol. The second kappa shape index (κ2) is 13.1. The number of carbonyl (C=O) groups excluding carboxylic acids is 1. The van der Waals surface area contributed by atoms with Gasteiger partial charge >= 0.3 is 5.97 Å². The summed E-state index contributed by atoms with van der Waals surface area (Å²) in [4.78, 5) is 30.3. The molecule has 0 aliphatic heterocycles. The molecule has 1 aromatic heterocycles. The van der Waals surface area contributed by atoms with Gasteiger partial charge in [0.2, 0.25) is 0 Å². The molecule has 9 nitrogen and oxygen atoms in total. The van der Waals surface area contributed by atoms with Crippen LogP contribution in [0.2, 0.25) is 0 Å². The number of fused-ring (bicyclic) bond motifs is 1. The quantitative estimate of drug-likeness (QED) is 0.172. The van der Waals surface area contributed by atoms with Crippen molar-refractivity contribution < 1.29 is 23.7 Å². The van der Waals surface area contributed by atoms with Crippen molar-refractivity contribution in [3.63, 3.8) is 0 Å². The molecule has 0 bridgehead atoms. The number of aryl methyl sites for hydroxylation is 1. The lowest BCUT2D eigenvalue weighted by Crippen LogP contribution is -2.21. The van der Waals surface area contributed by atoms with Crippen LogP contribution in [0.1, 0.15) is 50.3 Å². The van der Waals surface area contributed by atoms with Crippen LogP contribution < -0.4 is 19.8 Å². The van der Waals surface area contributed by atoms with Crippen LogP contribution in [-0.4, -0.2) is 48.8 Å². The molecule has 0 N–H and O–H groups in total. The summed E-state index contributed by atoms with van der Waals surface area (Å²) in [6.45, 7) is 10.4. The van der Waals surface area contributed by atoms with Gasteiger partial charge in [0.25, 0.3) is 5.56 Å². The fraction of sp³-hybridized carbons (Fsp3) is 0.312. The zero-order valence-electron chi connectivity index (χ0n) is 24.3. The molecule has 214 valence electrons. The number of hydrogen-bond acceptors (Lipinski definition) is 8. The van der Waals surface area contributed by atoms with Gasteiger partial charge in [-0.1, -0.05) is 26.0 Å². The molecule has 0 spiro atoms. The van der Waals surface area contributed by atoms with Crippen molar-refractivity contribution in [3.8, 4) is 28.6 Å². The molecule has 4 aromatic rings. The zero-order chi connectivity index (χ0) is 29.5. The molecule has 41 heavy (non-hydrogen) atoms. The largest absolute Gasteiger partial charge is 0.494 e. The molecule has 0 saturated carbocycles. The third kappa shape index (κ3) is 6.57. The molecule has 3 aromatic carbocycles. The van der Waals surface area contributed by atoms with Gasteiger partial charge in [0, 0.05) is 5.56 Å². The van der Waals surface area contributed by atoms with Gasteiger partial charge in [-0.15, -0.1) is 0 Å². The molecule has 0 atom stereocenters. The Bertz CT molecular complexity index is 1640. The molecule has 9 heteroatoms. The maximum atomic E-state index is 13.7. The summed E-state index contributed by atoms with van der Waals surface area (Å²) < 4.78 is 23.2. The van der Waals surface area contributed by atoms with E-state index in [1.54, 1.807) is 43.5 Å². The van der Waals surface area contributed by atoms with E-state index in [9.17, 15) is 9.59 Å². The number of esters is 1. The number of rotatable bonds is 11. The lowest BCUT2D eigenvalue weighted by Gasteiger charge is -2.18. The van der Waals surface area contributed by atoms with Crippen molar-refractivity contribution in [1.82, 2.24) is 9.66 Å². The maximum absolute atomic E-state index is 13.7. The van der Waals surface area contributed by atoms with Crippen LogP contribution in [0.25, 0.3) is 22.3 Å². The van der Waals surface area contributed by atoms with E-state index in [1.165, 1.54) is 11.8 Å². The van der Waals surface area contributed by atoms with Gasteiger partial charge in [-0.05, 0) is 85.8 Å². The maximum Gasteiger partial charge on any atom is 0.344 e. The first-order valence-electron chi connectivity index (χ1n) is 13.6. The topological polar surface area (TPSA) is 101 Å². The minimum atomic E-state index is -0.471. The Hall–Kier alpha value is -4.66. The van der Waals surface area contributed by atoms with Crippen molar-refractivity contribution in [2.24, 2.45) is 5.10 Å². The number of hydrogen-bond donors (Lipinski definition) is 0. The Balaban J connectivity index is 1.81. The smallest absolute Gasteiger partial charge is 0.344 e. The van der Waals surface area contributed by atoms with Gasteiger partial charge in [0.1, 0.15) is 5.75 Å². The summed E-state index contributed by atoms with van der Waals surface area (Å²) in [6.07, 6.45) is 1.56. The average molecular weight is 558 g/mol. The molecule has 0 amide bonds. The zero-order valence-corrected chi connectivity index (χ0v) is 24.3. The Morgan fingerprint density at radius 3 is 2.49 bits per heavy atom. The summed E-state index contributed by atoms with van der Waals surface area (Å²) in [6, 6.07) is 16.4. The summed E-state index contributed by atoms with van der Waals surface area (Å²) in [5.41, 5.74) is 3.67. The predicted molar refractivity (Wildman–Crippen MR) is 160 cm³/mol. The van der Waals surface area contributed by atoms with Gasteiger partial charge < -0.3 is 18.9 Å². The van der Waals surface area contributed by atoms with Crippen molar-refractivity contribution in [2.45, 2.75) is 40.5 Å². The van der Waals surface area contributed by atoms with E-state index in [0.29, 0.717) is 40.4 Å². The number of benzene rings is 3. The van der Waals surface area contributed by atoms with E-state index in [2.05, 4.69) is 18.9 Å². The van der Waals surface area contributed by atoms with E-state index in [4.69, 9.17) is 23.9 Å². The molecule has 0 saturated heterocycles. The normalized spacial score (nSPS) is 11.3. The molecule has 0 unspecified atom stereocenters. The lowest BCUT2D eigenvalue weighted by atomic mass is 9.96. The Kier molecular flexibility index (Phi) is 9.39. The van der Waals surface area contributed by atoms with Crippen LogP contribution in [0.4, 0.5) is 0 Å². The monoisotopic (exact) mass is 557 g/mol. The van der Waals surface area contributed by atoms with E-state index in [1.807, 2.05) is 38.1 Å². The molecule has 0 aliphatic carbocycles. The van der Waals surface area contributed by atoms with Gasteiger partial charge in [-0.2, -0.15) is 9.78 Å². The molecule has 4 rings (SSSR count). The Morgan fingerprint density at radius 1 is 1.00 bits per heavy atom. The summed E-state index contributed by atoms with van der Waals surface area (Å²) >= 11 is 0. The Morgan fingerprint density at radius 2 is 1.78 bits per heavy atom. The van der Waals surface area contributed by atoms with Crippen LogP contribution in [0.5, 0.6) is 17.2 Å². The second-order valence-electron chi connectivity index (χ2n) is 9.61. The number of carbonyl (C=O) groups is 1. The van der Waals surface area contributed by atoms with Crippen LogP contribution in [0, 0.1) is 6.92 Å². The number of methoxy groups -OCH3 is 1. The van der Waals surface area contributed by atoms with Crippen molar-refractivity contribution in [2.75, 3.05) is 26.9 Å². The van der Waals surface area contributed by atoms with Gasteiger partial charge in [-0.3, -0.25) is 4.79 Å². The highest BCUT2D eigenvalue weighted by Gasteiger charge is 2.19. The summed E-state index contributed by atoms with van der Waals surface area (Å²) in [5, 5.41) is 5.06. The molecule has 0 fully saturated rings.